The Morgan fingerprint density at radius 1 is 1.10 bits per heavy atom. The van der Waals surface area contributed by atoms with Gasteiger partial charge in [0, 0.05) is 23.9 Å². The van der Waals surface area contributed by atoms with Crippen LogP contribution < -0.4 is 4.90 Å². The van der Waals surface area contributed by atoms with Gasteiger partial charge in [0.05, 0.1) is 0 Å². The molecule has 0 radical (unpaired) electrons. The van der Waals surface area contributed by atoms with Crippen molar-refractivity contribution in [2.24, 2.45) is 5.92 Å². The molecule has 0 N–H and O–H groups in total. The minimum absolute atomic E-state index is 0.717. The average Bonchev–Trinajstić information content (AvgIpc) is 2.96. The summed E-state index contributed by atoms with van der Waals surface area (Å²) in [5, 5.41) is 18.6. The molecule has 0 unspecified atom stereocenters. The van der Waals surface area contributed by atoms with Crippen LogP contribution in [0.5, 0.6) is 0 Å². The number of tetrazole rings is 1. The Morgan fingerprint density at radius 2 is 1.85 bits per heavy atom. The number of hydrogen-bond acceptors (Lipinski definition) is 5. The molecule has 3 heterocycles. The van der Waals surface area contributed by atoms with Crippen LogP contribution in [0.2, 0.25) is 0 Å². The third kappa shape index (κ3) is 1.71. The van der Waals surface area contributed by atoms with E-state index in [-0.39, 0.29) is 0 Å². The molecule has 1 fully saturated rings. The second-order valence-electron chi connectivity index (χ2n) is 5.53. The fourth-order valence-corrected chi connectivity index (χ4v) is 2.88. The van der Waals surface area contributed by atoms with Gasteiger partial charge in [-0.15, -0.1) is 14.8 Å². The smallest absolute Gasteiger partial charge is 0.207 e. The molecule has 1 aliphatic heterocycles. The van der Waals surface area contributed by atoms with Crippen LogP contribution in [0, 0.1) is 5.92 Å². The van der Waals surface area contributed by atoms with E-state index in [1.165, 1.54) is 17.5 Å². The number of benzene rings is 1. The number of nitrogens with zero attached hydrogens (tertiary/aromatic N) is 6. The summed E-state index contributed by atoms with van der Waals surface area (Å²) < 4.78 is 1.54. The van der Waals surface area contributed by atoms with Crippen molar-refractivity contribution in [1.82, 2.24) is 25.3 Å². The molecule has 0 aliphatic carbocycles. The van der Waals surface area contributed by atoms with Crippen molar-refractivity contribution in [3.8, 4) is 0 Å². The Kier molecular flexibility index (Phi) is 2.55. The molecular formula is C14H16N6. The van der Waals surface area contributed by atoms with Crippen molar-refractivity contribution in [3.63, 3.8) is 0 Å². The number of piperidine rings is 1. The Bertz CT molecular complexity index is 757. The Hall–Kier alpha value is -2.24. The van der Waals surface area contributed by atoms with Crippen LogP contribution in [0.15, 0.2) is 24.3 Å². The van der Waals surface area contributed by atoms with Crippen molar-refractivity contribution in [1.29, 1.82) is 0 Å². The minimum atomic E-state index is 0.717. The summed E-state index contributed by atoms with van der Waals surface area (Å²) in [6.45, 7) is 4.41. The predicted octanol–water partition coefficient (Wildman–Crippen LogP) is 1.91. The van der Waals surface area contributed by atoms with E-state index in [0.717, 1.165) is 41.2 Å². The zero-order chi connectivity index (χ0) is 13.5. The standard InChI is InChI=1S/C14H16N6/c1-10-6-8-19(9-7-10)14-12-5-3-2-4-11(12)13-15-17-18-20(13)16-14/h2-5,10H,6-9H2,1H3. The van der Waals surface area contributed by atoms with E-state index < -0.39 is 0 Å². The van der Waals surface area contributed by atoms with Crippen molar-refractivity contribution in [2.45, 2.75) is 19.8 Å². The van der Waals surface area contributed by atoms with Gasteiger partial charge in [0.1, 0.15) is 0 Å². The van der Waals surface area contributed by atoms with Crippen LogP contribution in [-0.4, -0.2) is 38.3 Å². The van der Waals surface area contributed by atoms with Gasteiger partial charge in [-0.05, 0) is 29.2 Å². The molecule has 3 aromatic rings. The lowest BCUT2D eigenvalue weighted by Crippen LogP contribution is -2.34. The lowest BCUT2D eigenvalue weighted by molar-refractivity contribution is 0.436. The second-order valence-corrected chi connectivity index (χ2v) is 5.53. The molecule has 0 spiro atoms. The second kappa shape index (κ2) is 4.40. The SMILES string of the molecule is CC1CCN(c2nn3nnnc3c3ccccc23)CC1. The molecule has 0 saturated carbocycles. The van der Waals surface area contributed by atoms with Crippen LogP contribution in [-0.2, 0) is 0 Å². The zero-order valence-electron chi connectivity index (χ0n) is 11.4. The average molecular weight is 268 g/mol. The first-order chi connectivity index (χ1) is 9.83. The number of anilines is 1. The molecule has 2 aromatic heterocycles. The molecule has 0 amide bonds. The topological polar surface area (TPSA) is 59.2 Å². The highest BCUT2D eigenvalue weighted by molar-refractivity contribution is 5.99. The molecule has 4 rings (SSSR count). The lowest BCUT2D eigenvalue weighted by Gasteiger charge is -2.31. The van der Waals surface area contributed by atoms with E-state index in [4.69, 9.17) is 0 Å². The summed E-state index contributed by atoms with van der Waals surface area (Å²) in [4.78, 5) is 2.35. The van der Waals surface area contributed by atoms with E-state index in [0.29, 0.717) is 0 Å². The van der Waals surface area contributed by atoms with Crippen LogP contribution in [0.3, 0.4) is 0 Å². The molecule has 1 aromatic carbocycles. The summed E-state index contributed by atoms with van der Waals surface area (Å²) in [7, 11) is 0. The van der Waals surface area contributed by atoms with Crippen LogP contribution in [0.25, 0.3) is 16.4 Å². The van der Waals surface area contributed by atoms with Gasteiger partial charge in [0.2, 0.25) is 5.65 Å². The van der Waals surface area contributed by atoms with Gasteiger partial charge in [-0.2, -0.15) is 0 Å². The largest absolute Gasteiger partial charge is 0.355 e. The van der Waals surface area contributed by atoms with Crippen molar-refractivity contribution in [3.05, 3.63) is 24.3 Å². The van der Waals surface area contributed by atoms with E-state index in [2.05, 4.69) is 44.6 Å². The van der Waals surface area contributed by atoms with Crippen molar-refractivity contribution in [2.75, 3.05) is 18.0 Å². The van der Waals surface area contributed by atoms with Gasteiger partial charge in [-0.1, -0.05) is 31.2 Å². The molecule has 1 aliphatic rings. The van der Waals surface area contributed by atoms with E-state index in [1.54, 1.807) is 0 Å². The lowest BCUT2D eigenvalue weighted by atomic mass is 9.99. The number of rotatable bonds is 1. The first-order valence-corrected chi connectivity index (χ1v) is 7.05. The van der Waals surface area contributed by atoms with E-state index in [1.807, 2.05) is 12.1 Å². The van der Waals surface area contributed by atoms with Crippen LogP contribution in [0.1, 0.15) is 19.8 Å². The van der Waals surface area contributed by atoms with Gasteiger partial charge in [0.15, 0.2) is 5.82 Å². The highest BCUT2D eigenvalue weighted by Crippen LogP contribution is 2.29. The van der Waals surface area contributed by atoms with E-state index >= 15 is 0 Å². The van der Waals surface area contributed by atoms with Crippen LogP contribution >= 0.6 is 0 Å². The van der Waals surface area contributed by atoms with Crippen LogP contribution in [0.4, 0.5) is 5.82 Å². The maximum atomic E-state index is 4.62. The normalized spacial score (nSPS) is 17.1. The third-order valence-electron chi connectivity index (χ3n) is 4.14. The number of fused-ring (bicyclic) bond motifs is 3. The quantitative estimate of drug-likeness (QED) is 0.674. The fraction of sp³-hybridized carbons (Fsp3) is 0.429. The molecular weight excluding hydrogens is 252 g/mol. The monoisotopic (exact) mass is 268 g/mol. The highest BCUT2D eigenvalue weighted by atomic mass is 15.6. The maximum Gasteiger partial charge on any atom is 0.207 e. The summed E-state index contributed by atoms with van der Waals surface area (Å²) in [5.41, 5.74) is 0.717. The Morgan fingerprint density at radius 3 is 2.65 bits per heavy atom. The fourth-order valence-electron chi connectivity index (χ4n) is 2.88. The van der Waals surface area contributed by atoms with Gasteiger partial charge in [-0.3, -0.25) is 0 Å². The first kappa shape index (κ1) is 11.6. The zero-order valence-corrected chi connectivity index (χ0v) is 11.4. The van der Waals surface area contributed by atoms with Gasteiger partial charge in [0.25, 0.3) is 0 Å². The first-order valence-electron chi connectivity index (χ1n) is 7.05. The molecule has 102 valence electrons. The Labute approximate surface area is 116 Å². The van der Waals surface area contributed by atoms with E-state index in [9.17, 15) is 0 Å². The highest BCUT2D eigenvalue weighted by Gasteiger charge is 2.20. The van der Waals surface area contributed by atoms with Crippen molar-refractivity contribution >= 4 is 22.2 Å². The molecule has 1 saturated heterocycles. The molecule has 0 atom stereocenters. The maximum absolute atomic E-state index is 4.62. The Balaban J connectivity index is 1.92. The molecule has 6 heteroatoms. The van der Waals surface area contributed by atoms with Gasteiger partial charge in [-0.25, -0.2) is 0 Å². The third-order valence-corrected chi connectivity index (χ3v) is 4.14. The molecule has 0 bridgehead atoms. The van der Waals surface area contributed by atoms with Crippen molar-refractivity contribution < 1.29 is 0 Å². The molecule has 20 heavy (non-hydrogen) atoms. The minimum Gasteiger partial charge on any atom is -0.355 e. The van der Waals surface area contributed by atoms with Gasteiger partial charge < -0.3 is 4.90 Å². The summed E-state index contributed by atoms with van der Waals surface area (Å²) in [6, 6.07) is 8.21. The van der Waals surface area contributed by atoms with Gasteiger partial charge >= 0.3 is 0 Å². The number of aromatic nitrogens is 5. The number of hydrogen-bond donors (Lipinski definition) is 0. The summed E-state index contributed by atoms with van der Waals surface area (Å²) in [5.74, 6) is 1.79. The molecule has 6 nitrogen and oxygen atoms in total. The summed E-state index contributed by atoms with van der Waals surface area (Å²) >= 11 is 0. The predicted molar refractivity (Wildman–Crippen MR) is 76.7 cm³/mol. The summed E-state index contributed by atoms with van der Waals surface area (Å²) in [6.07, 6.45) is 2.42.